The molecule has 0 bridgehead atoms. The number of rotatable bonds is 8. The van der Waals surface area contributed by atoms with Gasteiger partial charge in [0, 0.05) is 0 Å². The number of halogens is 3. The number of nitrogens with one attached hydrogen (secondary N) is 1. The molecular weight excluding hydrogens is 251 g/mol. The topological polar surface area (TPSA) is 47.6 Å². The van der Waals surface area contributed by atoms with Crippen molar-refractivity contribution < 1.29 is 27.4 Å². The van der Waals surface area contributed by atoms with E-state index in [0.29, 0.717) is 6.54 Å². The van der Waals surface area contributed by atoms with Gasteiger partial charge in [0.25, 0.3) is 0 Å². The van der Waals surface area contributed by atoms with E-state index in [-0.39, 0.29) is 13.2 Å². The predicted octanol–water partition coefficient (Wildman–Crippen LogP) is 1.89. The third-order valence-electron chi connectivity index (χ3n) is 2.15. The van der Waals surface area contributed by atoms with Crippen molar-refractivity contribution in [2.45, 2.75) is 38.9 Å². The van der Waals surface area contributed by atoms with Gasteiger partial charge in [0.2, 0.25) is 0 Å². The summed E-state index contributed by atoms with van der Waals surface area (Å²) in [6.07, 6.45) is -3.66. The Morgan fingerprint density at radius 1 is 1.22 bits per heavy atom. The first-order valence-electron chi connectivity index (χ1n) is 5.82. The monoisotopic (exact) mass is 271 g/mol. The summed E-state index contributed by atoms with van der Waals surface area (Å²) in [6, 6.07) is 0. The van der Waals surface area contributed by atoms with Crippen molar-refractivity contribution in [2.24, 2.45) is 0 Å². The minimum Gasteiger partial charge on any atom is -0.465 e. The second kappa shape index (κ2) is 7.58. The molecule has 7 heteroatoms. The first-order chi connectivity index (χ1) is 8.25. The molecule has 1 unspecified atom stereocenters. The Morgan fingerprint density at radius 3 is 2.28 bits per heavy atom. The van der Waals surface area contributed by atoms with E-state index in [1.54, 1.807) is 6.92 Å². The first-order valence-corrected chi connectivity index (χ1v) is 5.82. The molecule has 0 aromatic heterocycles. The Labute approximate surface area is 105 Å². The molecule has 0 radical (unpaired) electrons. The van der Waals surface area contributed by atoms with Crippen LogP contribution in [0.15, 0.2) is 0 Å². The number of ether oxygens (including phenoxy) is 2. The summed E-state index contributed by atoms with van der Waals surface area (Å²) < 4.78 is 45.3. The van der Waals surface area contributed by atoms with Gasteiger partial charge in [-0.25, -0.2) is 4.79 Å². The average molecular weight is 271 g/mol. The summed E-state index contributed by atoms with van der Waals surface area (Å²) in [7, 11) is 0. The highest BCUT2D eigenvalue weighted by Crippen LogP contribution is 2.16. The average Bonchev–Trinajstić information content (AvgIpc) is 2.25. The van der Waals surface area contributed by atoms with Gasteiger partial charge in [0.1, 0.15) is 12.1 Å². The fourth-order valence-corrected chi connectivity index (χ4v) is 1.24. The molecular formula is C11H20F3NO3. The van der Waals surface area contributed by atoms with Crippen LogP contribution >= 0.6 is 0 Å². The van der Waals surface area contributed by atoms with Crippen molar-refractivity contribution in [1.29, 1.82) is 0 Å². The lowest BCUT2D eigenvalue weighted by Crippen LogP contribution is -2.54. The molecule has 0 amide bonds. The number of carbonyl (C=O) groups excluding carboxylic acids is 1. The maximum Gasteiger partial charge on any atom is 0.411 e. The van der Waals surface area contributed by atoms with Crippen LogP contribution in [0.5, 0.6) is 0 Å². The Morgan fingerprint density at radius 2 is 1.83 bits per heavy atom. The largest absolute Gasteiger partial charge is 0.465 e. The van der Waals surface area contributed by atoms with E-state index in [4.69, 9.17) is 4.74 Å². The normalized spacial score (nSPS) is 15.2. The summed E-state index contributed by atoms with van der Waals surface area (Å²) in [5.41, 5.74) is -1.25. The van der Waals surface area contributed by atoms with E-state index in [1.165, 1.54) is 6.92 Å². The molecule has 1 N–H and O–H groups in total. The van der Waals surface area contributed by atoms with E-state index in [9.17, 15) is 18.0 Å². The number of carbonyl (C=O) groups is 1. The fourth-order valence-electron chi connectivity index (χ4n) is 1.24. The molecule has 0 aliphatic heterocycles. The maximum absolute atomic E-state index is 12.0. The van der Waals surface area contributed by atoms with Crippen LogP contribution < -0.4 is 5.32 Å². The van der Waals surface area contributed by atoms with Crippen LogP contribution in [-0.4, -0.2) is 44.0 Å². The molecule has 0 fully saturated rings. The second-order valence-corrected chi connectivity index (χ2v) is 4.09. The predicted molar refractivity (Wildman–Crippen MR) is 60.2 cm³/mol. The van der Waals surface area contributed by atoms with E-state index in [2.05, 4.69) is 10.1 Å². The molecule has 0 heterocycles. The highest BCUT2D eigenvalue weighted by molar-refractivity contribution is 5.80. The smallest absolute Gasteiger partial charge is 0.411 e. The summed E-state index contributed by atoms with van der Waals surface area (Å²) in [4.78, 5) is 11.7. The molecule has 4 nitrogen and oxygen atoms in total. The van der Waals surface area contributed by atoms with Crippen molar-refractivity contribution in [1.82, 2.24) is 5.32 Å². The minimum atomic E-state index is -4.40. The molecule has 108 valence electrons. The molecule has 0 rings (SSSR count). The summed E-state index contributed by atoms with van der Waals surface area (Å²) in [5.74, 6) is -0.611. The van der Waals surface area contributed by atoms with Crippen LogP contribution in [0.2, 0.25) is 0 Å². The van der Waals surface area contributed by atoms with E-state index in [0.717, 1.165) is 6.42 Å². The van der Waals surface area contributed by atoms with Gasteiger partial charge >= 0.3 is 12.1 Å². The number of hydrogen-bond acceptors (Lipinski definition) is 4. The molecule has 0 spiro atoms. The highest BCUT2D eigenvalue weighted by atomic mass is 19.4. The van der Waals surface area contributed by atoms with E-state index >= 15 is 0 Å². The lowest BCUT2D eigenvalue weighted by atomic mass is 10.0. The van der Waals surface area contributed by atoms with Crippen LogP contribution in [0.1, 0.15) is 27.2 Å². The molecule has 0 saturated carbocycles. The molecule has 18 heavy (non-hydrogen) atoms. The third-order valence-corrected chi connectivity index (χ3v) is 2.15. The van der Waals surface area contributed by atoms with Gasteiger partial charge in [0.05, 0.1) is 13.2 Å². The molecule has 1 atom stereocenters. The van der Waals surface area contributed by atoms with Gasteiger partial charge in [-0.05, 0) is 26.8 Å². The van der Waals surface area contributed by atoms with Crippen molar-refractivity contribution in [3.05, 3.63) is 0 Å². The van der Waals surface area contributed by atoms with Crippen LogP contribution in [0.25, 0.3) is 0 Å². The second-order valence-electron chi connectivity index (χ2n) is 4.09. The Balaban J connectivity index is 4.42. The van der Waals surface area contributed by atoms with Gasteiger partial charge in [-0.1, -0.05) is 6.92 Å². The van der Waals surface area contributed by atoms with Crippen LogP contribution in [0.3, 0.4) is 0 Å². The zero-order valence-corrected chi connectivity index (χ0v) is 10.9. The van der Waals surface area contributed by atoms with Gasteiger partial charge < -0.3 is 14.8 Å². The molecule has 0 saturated heterocycles. The van der Waals surface area contributed by atoms with Crippen LogP contribution in [0.4, 0.5) is 13.2 Å². The lowest BCUT2D eigenvalue weighted by molar-refractivity contribution is -0.182. The van der Waals surface area contributed by atoms with E-state index < -0.39 is 24.3 Å². The lowest BCUT2D eigenvalue weighted by Gasteiger charge is -2.28. The molecule has 0 aliphatic carbocycles. The third kappa shape index (κ3) is 6.80. The maximum atomic E-state index is 12.0. The highest BCUT2D eigenvalue weighted by Gasteiger charge is 2.36. The van der Waals surface area contributed by atoms with Crippen molar-refractivity contribution in [2.75, 3.05) is 26.4 Å². The van der Waals surface area contributed by atoms with Crippen LogP contribution in [-0.2, 0) is 14.3 Å². The van der Waals surface area contributed by atoms with Crippen molar-refractivity contribution in [3.8, 4) is 0 Å². The quantitative estimate of drug-likeness (QED) is 0.685. The Kier molecular flexibility index (Phi) is 7.23. The van der Waals surface area contributed by atoms with Crippen molar-refractivity contribution >= 4 is 5.97 Å². The zero-order chi connectivity index (χ0) is 14.2. The van der Waals surface area contributed by atoms with Gasteiger partial charge in [0.15, 0.2) is 0 Å². The minimum absolute atomic E-state index is 0.168. The zero-order valence-electron chi connectivity index (χ0n) is 10.9. The standard InChI is InChI=1S/C11H20F3NO3/c1-4-6-15-10(3,9(16)18-5-2)7-17-8-11(12,13)14/h15H,4-8H2,1-3H3. The number of esters is 1. The summed E-state index contributed by atoms with van der Waals surface area (Å²) in [5, 5.41) is 2.85. The molecule has 0 aliphatic rings. The summed E-state index contributed by atoms with van der Waals surface area (Å²) >= 11 is 0. The Bertz CT molecular complexity index is 258. The summed E-state index contributed by atoms with van der Waals surface area (Å²) in [6.45, 7) is 3.88. The number of hydrogen-bond donors (Lipinski definition) is 1. The molecule has 0 aromatic rings. The SMILES string of the molecule is CCCNC(C)(COCC(F)(F)F)C(=O)OCC. The Hall–Kier alpha value is -0.820. The van der Waals surface area contributed by atoms with Gasteiger partial charge in [-0.2, -0.15) is 13.2 Å². The van der Waals surface area contributed by atoms with Crippen LogP contribution in [0, 0.1) is 0 Å². The van der Waals surface area contributed by atoms with Crippen molar-refractivity contribution in [3.63, 3.8) is 0 Å². The van der Waals surface area contributed by atoms with E-state index in [1.807, 2.05) is 6.92 Å². The number of alkyl halides is 3. The molecule has 0 aromatic carbocycles. The first kappa shape index (κ1) is 17.2. The fraction of sp³-hybridized carbons (Fsp3) is 0.909. The van der Waals surface area contributed by atoms with Gasteiger partial charge in [-0.3, -0.25) is 0 Å². The van der Waals surface area contributed by atoms with Gasteiger partial charge in [-0.15, -0.1) is 0 Å².